The molecule has 0 unspecified atom stereocenters. The van der Waals surface area contributed by atoms with Crippen molar-refractivity contribution in [1.82, 2.24) is 0 Å². The number of sulfone groups is 1. The van der Waals surface area contributed by atoms with Crippen molar-refractivity contribution in [3.63, 3.8) is 0 Å². The van der Waals surface area contributed by atoms with Crippen LogP contribution in [-0.4, -0.2) is 32.7 Å². The van der Waals surface area contributed by atoms with Crippen LogP contribution in [0.5, 0.6) is 5.75 Å². The summed E-state index contributed by atoms with van der Waals surface area (Å²) in [5, 5.41) is 0. The fraction of sp³-hybridized carbons (Fsp3) is 0.417. The van der Waals surface area contributed by atoms with Crippen molar-refractivity contribution in [3.05, 3.63) is 23.8 Å². The smallest absolute Gasteiger partial charge is 0.425 e. The molecule has 0 aliphatic carbocycles. The van der Waals surface area contributed by atoms with Crippen molar-refractivity contribution >= 4 is 15.6 Å². The van der Waals surface area contributed by atoms with Crippen molar-refractivity contribution in [2.75, 3.05) is 6.26 Å². The standard InChI is InChI=1S/C12H13F3O4S/c1-7(16)10-6-9(20(3,17)18)4-5-11(10)19-8(2)12(13,14)15/h4-6,8H,1-3H3/t8-/m1/s1. The second-order valence-electron chi connectivity index (χ2n) is 4.29. The summed E-state index contributed by atoms with van der Waals surface area (Å²) in [5.41, 5.74) is -0.205. The number of Topliss-reactive ketones (excluding diaryl/α,β-unsaturated/α-hetero) is 1. The number of hydrogen-bond acceptors (Lipinski definition) is 4. The van der Waals surface area contributed by atoms with Crippen molar-refractivity contribution in [2.45, 2.75) is 31.0 Å². The Bertz CT molecular complexity index is 620. The fourth-order valence-corrected chi connectivity index (χ4v) is 2.02. The molecule has 0 N–H and O–H groups in total. The number of alkyl halides is 3. The number of hydrogen-bond donors (Lipinski definition) is 0. The van der Waals surface area contributed by atoms with Gasteiger partial charge in [-0.3, -0.25) is 4.79 Å². The van der Waals surface area contributed by atoms with Crippen LogP contribution >= 0.6 is 0 Å². The van der Waals surface area contributed by atoms with Crippen molar-refractivity contribution in [2.24, 2.45) is 0 Å². The van der Waals surface area contributed by atoms with Crippen LogP contribution in [0.15, 0.2) is 23.1 Å². The molecule has 1 aromatic carbocycles. The molecule has 0 bridgehead atoms. The Balaban J connectivity index is 3.25. The molecule has 0 aromatic heterocycles. The molecule has 0 amide bonds. The van der Waals surface area contributed by atoms with E-state index in [0.717, 1.165) is 38.3 Å². The molecule has 0 aliphatic heterocycles. The van der Waals surface area contributed by atoms with Crippen molar-refractivity contribution < 1.29 is 31.1 Å². The quantitative estimate of drug-likeness (QED) is 0.802. The number of ether oxygens (including phenoxy) is 1. The maximum atomic E-state index is 12.4. The Morgan fingerprint density at radius 1 is 1.30 bits per heavy atom. The van der Waals surface area contributed by atoms with Gasteiger partial charge in [-0.1, -0.05) is 0 Å². The lowest BCUT2D eigenvalue weighted by atomic mass is 10.1. The summed E-state index contributed by atoms with van der Waals surface area (Å²) in [4.78, 5) is 11.3. The molecule has 8 heteroatoms. The predicted octanol–water partition coefficient (Wildman–Crippen LogP) is 2.62. The van der Waals surface area contributed by atoms with E-state index in [9.17, 15) is 26.4 Å². The van der Waals surface area contributed by atoms with Crippen LogP contribution in [0, 0.1) is 0 Å². The molecule has 1 atom stereocenters. The molecule has 0 fully saturated rings. The van der Waals surface area contributed by atoms with Crippen LogP contribution in [0.1, 0.15) is 24.2 Å². The first-order valence-electron chi connectivity index (χ1n) is 5.51. The molecule has 0 aliphatic rings. The van der Waals surface area contributed by atoms with Crippen LogP contribution in [0.3, 0.4) is 0 Å². The maximum absolute atomic E-state index is 12.4. The SMILES string of the molecule is CC(=O)c1cc(S(C)(=O)=O)ccc1O[C@H](C)C(F)(F)F. The zero-order valence-corrected chi connectivity index (χ0v) is 11.8. The van der Waals surface area contributed by atoms with E-state index < -0.39 is 27.9 Å². The number of halogens is 3. The Morgan fingerprint density at radius 3 is 2.25 bits per heavy atom. The van der Waals surface area contributed by atoms with Crippen LogP contribution < -0.4 is 4.74 Å². The first-order chi connectivity index (χ1) is 8.93. The molecule has 1 rings (SSSR count). The molecule has 1 aromatic rings. The zero-order chi connectivity index (χ0) is 15.7. The largest absolute Gasteiger partial charge is 0.480 e. The van der Waals surface area contributed by atoms with E-state index >= 15 is 0 Å². The summed E-state index contributed by atoms with van der Waals surface area (Å²) in [6.07, 6.45) is -5.75. The Kier molecular flexibility index (Phi) is 4.48. The minimum atomic E-state index is -4.58. The van der Waals surface area contributed by atoms with Crippen molar-refractivity contribution in [1.29, 1.82) is 0 Å². The van der Waals surface area contributed by atoms with Gasteiger partial charge in [-0.2, -0.15) is 13.2 Å². The molecular formula is C12H13F3O4S. The van der Waals surface area contributed by atoms with Crippen LogP contribution in [-0.2, 0) is 9.84 Å². The van der Waals surface area contributed by atoms with E-state index in [4.69, 9.17) is 4.74 Å². The number of benzene rings is 1. The fourth-order valence-electron chi connectivity index (χ4n) is 1.37. The van der Waals surface area contributed by atoms with Crippen LogP contribution in [0.2, 0.25) is 0 Å². The van der Waals surface area contributed by atoms with Gasteiger partial charge in [0.05, 0.1) is 10.5 Å². The molecule has 0 heterocycles. The normalized spacial score (nSPS) is 13.9. The third-order valence-corrected chi connectivity index (χ3v) is 3.63. The number of carbonyl (C=O) groups excluding carboxylic acids is 1. The Morgan fingerprint density at radius 2 is 1.85 bits per heavy atom. The van der Waals surface area contributed by atoms with Gasteiger partial charge in [0.1, 0.15) is 5.75 Å². The van der Waals surface area contributed by atoms with E-state index in [-0.39, 0.29) is 16.2 Å². The lowest BCUT2D eigenvalue weighted by Crippen LogP contribution is -2.31. The van der Waals surface area contributed by atoms with Crippen molar-refractivity contribution in [3.8, 4) is 5.75 Å². The summed E-state index contributed by atoms with van der Waals surface area (Å²) < 4.78 is 64.7. The van der Waals surface area contributed by atoms with Gasteiger partial charge >= 0.3 is 6.18 Å². The minimum absolute atomic E-state index is 0.158. The first kappa shape index (κ1) is 16.5. The van der Waals surface area contributed by atoms with Gasteiger partial charge in [0.25, 0.3) is 0 Å². The average Bonchev–Trinajstić information content (AvgIpc) is 2.26. The molecule has 0 radical (unpaired) electrons. The van der Waals surface area contributed by atoms with E-state index in [1.54, 1.807) is 0 Å². The lowest BCUT2D eigenvalue weighted by Gasteiger charge is -2.19. The molecule has 0 saturated heterocycles. The maximum Gasteiger partial charge on any atom is 0.425 e. The van der Waals surface area contributed by atoms with Gasteiger partial charge in [0, 0.05) is 6.26 Å². The summed E-state index contributed by atoms with van der Waals surface area (Å²) >= 11 is 0. The third-order valence-electron chi connectivity index (χ3n) is 2.52. The molecule has 112 valence electrons. The van der Waals surface area contributed by atoms with Crippen LogP contribution in [0.4, 0.5) is 13.2 Å². The van der Waals surface area contributed by atoms with Crippen LogP contribution in [0.25, 0.3) is 0 Å². The highest BCUT2D eigenvalue weighted by atomic mass is 32.2. The van der Waals surface area contributed by atoms with Gasteiger partial charge in [0.15, 0.2) is 21.7 Å². The monoisotopic (exact) mass is 310 g/mol. The molecule has 4 nitrogen and oxygen atoms in total. The second-order valence-corrected chi connectivity index (χ2v) is 6.30. The molecule has 20 heavy (non-hydrogen) atoms. The van der Waals surface area contributed by atoms with Gasteiger partial charge in [-0.15, -0.1) is 0 Å². The van der Waals surface area contributed by atoms with E-state index in [1.165, 1.54) is 0 Å². The van der Waals surface area contributed by atoms with E-state index in [1.807, 2.05) is 0 Å². The summed E-state index contributed by atoms with van der Waals surface area (Å²) in [6.45, 7) is 1.92. The highest BCUT2D eigenvalue weighted by Crippen LogP contribution is 2.29. The number of ketones is 1. The molecule has 0 spiro atoms. The minimum Gasteiger partial charge on any atom is -0.480 e. The number of rotatable bonds is 4. The Labute approximate surface area is 114 Å². The van der Waals surface area contributed by atoms with E-state index in [0.29, 0.717) is 0 Å². The molecular weight excluding hydrogens is 297 g/mol. The first-order valence-corrected chi connectivity index (χ1v) is 7.40. The second kappa shape index (κ2) is 5.43. The average molecular weight is 310 g/mol. The Hall–Kier alpha value is -1.57. The zero-order valence-electron chi connectivity index (χ0n) is 11.0. The van der Waals surface area contributed by atoms with Gasteiger partial charge in [-0.05, 0) is 32.0 Å². The number of carbonyl (C=O) groups is 1. The van der Waals surface area contributed by atoms with Gasteiger partial charge < -0.3 is 4.74 Å². The highest BCUT2D eigenvalue weighted by Gasteiger charge is 2.38. The lowest BCUT2D eigenvalue weighted by molar-refractivity contribution is -0.189. The summed E-state index contributed by atoms with van der Waals surface area (Å²) in [6, 6.07) is 3.16. The molecule has 0 saturated carbocycles. The van der Waals surface area contributed by atoms with E-state index in [2.05, 4.69) is 0 Å². The van der Waals surface area contributed by atoms with Gasteiger partial charge in [0.2, 0.25) is 0 Å². The topological polar surface area (TPSA) is 60.4 Å². The van der Waals surface area contributed by atoms with Gasteiger partial charge in [-0.25, -0.2) is 8.42 Å². The predicted molar refractivity (Wildman–Crippen MR) is 65.7 cm³/mol. The highest BCUT2D eigenvalue weighted by molar-refractivity contribution is 7.90. The summed E-state index contributed by atoms with van der Waals surface area (Å²) in [7, 11) is -3.56. The third kappa shape index (κ3) is 3.96. The summed E-state index contributed by atoms with van der Waals surface area (Å²) in [5.74, 6) is -0.880.